The van der Waals surface area contributed by atoms with E-state index >= 15 is 0 Å². The summed E-state index contributed by atoms with van der Waals surface area (Å²) in [7, 11) is 0. The van der Waals surface area contributed by atoms with Gasteiger partial charge in [-0.2, -0.15) is 0 Å². The van der Waals surface area contributed by atoms with E-state index < -0.39 is 0 Å². The second-order valence-electron chi connectivity index (χ2n) is 5.09. The van der Waals surface area contributed by atoms with Gasteiger partial charge in [-0.05, 0) is 38.6 Å². The monoisotopic (exact) mass is 197 g/mol. The topological polar surface area (TPSA) is 3.24 Å². The van der Waals surface area contributed by atoms with Crippen molar-refractivity contribution in [2.24, 2.45) is 5.92 Å². The van der Waals surface area contributed by atoms with Gasteiger partial charge in [-0.15, -0.1) is 0 Å². The maximum absolute atomic E-state index is 2.70. The van der Waals surface area contributed by atoms with Crippen LogP contribution in [-0.4, -0.2) is 24.0 Å². The van der Waals surface area contributed by atoms with E-state index in [1.54, 1.807) is 0 Å². The van der Waals surface area contributed by atoms with Crippen molar-refractivity contribution in [2.75, 3.05) is 13.1 Å². The Morgan fingerprint density at radius 3 is 2.57 bits per heavy atom. The Morgan fingerprint density at radius 1 is 1.07 bits per heavy atom. The first kappa shape index (κ1) is 12.0. The lowest BCUT2D eigenvalue weighted by molar-refractivity contribution is 0.122. The molecule has 0 N–H and O–H groups in total. The molecule has 2 atom stereocenters. The van der Waals surface area contributed by atoms with Gasteiger partial charge in [0.2, 0.25) is 0 Å². The van der Waals surface area contributed by atoms with E-state index in [2.05, 4.69) is 25.7 Å². The van der Waals surface area contributed by atoms with Crippen molar-refractivity contribution in [3.05, 3.63) is 0 Å². The van der Waals surface area contributed by atoms with Crippen molar-refractivity contribution < 1.29 is 0 Å². The van der Waals surface area contributed by atoms with Gasteiger partial charge < -0.3 is 4.90 Å². The highest BCUT2D eigenvalue weighted by Gasteiger charge is 2.21. The number of hydrogen-bond acceptors (Lipinski definition) is 1. The van der Waals surface area contributed by atoms with Crippen LogP contribution in [0.2, 0.25) is 0 Å². The molecule has 84 valence electrons. The molecule has 2 unspecified atom stereocenters. The van der Waals surface area contributed by atoms with Crippen molar-refractivity contribution in [2.45, 2.75) is 65.3 Å². The first-order chi connectivity index (χ1) is 6.74. The van der Waals surface area contributed by atoms with Crippen molar-refractivity contribution >= 4 is 0 Å². The number of likely N-dealkylation sites (tertiary alicyclic amines) is 1. The molecule has 0 radical (unpaired) electrons. The third kappa shape index (κ3) is 4.00. The van der Waals surface area contributed by atoms with Gasteiger partial charge in [-0.3, -0.25) is 0 Å². The van der Waals surface area contributed by atoms with Crippen LogP contribution < -0.4 is 0 Å². The van der Waals surface area contributed by atoms with Crippen LogP contribution in [0.5, 0.6) is 0 Å². The molecule has 1 saturated heterocycles. The summed E-state index contributed by atoms with van der Waals surface area (Å²) in [4.78, 5) is 2.70. The smallest absolute Gasteiger partial charge is 0.00671 e. The molecule has 0 saturated carbocycles. The molecule has 0 bridgehead atoms. The van der Waals surface area contributed by atoms with Gasteiger partial charge in [0.25, 0.3) is 0 Å². The standard InChI is InChI=1S/C13H27N/c1-4-5-6-7-10-14-11-12(2)8-9-13(14)3/h12-13H,4-11H2,1-3H3. The molecule has 1 rings (SSSR count). The van der Waals surface area contributed by atoms with Crippen LogP contribution in [-0.2, 0) is 0 Å². The Morgan fingerprint density at radius 2 is 1.86 bits per heavy atom. The third-order valence-electron chi connectivity index (χ3n) is 3.55. The summed E-state index contributed by atoms with van der Waals surface area (Å²) >= 11 is 0. The zero-order chi connectivity index (χ0) is 10.4. The molecule has 0 spiro atoms. The van der Waals surface area contributed by atoms with Gasteiger partial charge in [0.15, 0.2) is 0 Å². The number of unbranched alkanes of at least 4 members (excludes halogenated alkanes) is 3. The number of nitrogens with zero attached hydrogens (tertiary/aromatic N) is 1. The van der Waals surface area contributed by atoms with Crippen LogP contribution in [0.3, 0.4) is 0 Å². The Hall–Kier alpha value is -0.0400. The summed E-state index contributed by atoms with van der Waals surface area (Å²) in [5.41, 5.74) is 0. The van der Waals surface area contributed by atoms with Crippen LogP contribution in [0.25, 0.3) is 0 Å². The zero-order valence-electron chi connectivity index (χ0n) is 10.3. The van der Waals surface area contributed by atoms with E-state index in [0.717, 1.165) is 12.0 Å². The van der Waals surface area contributed by atoms with Crippen molar-refractivity contribution in [1.82, 2.24) is 4.90 Å². The summed E-state index contributed by atoms with van der Waals surface area (Å²) < 4.78 is 0. The first-order valence-corrected chi connectivity index (χ1v) is 6.48. The maximum Gasteiger partial charge on any atom is 0.00671 e. The van der Waals surface area contributed by atoms with Crippen LogP contribution >= 0.6 is 0 Å². The number of piperidine rings is 1. The zero-order valence-corrected chi connectivity index (χ0v) is 10.3. The highest BCUT2D eigenvalue weighted by atomic mass is 15.2. The molecular weight excluding hydrogens is 170 g/mol. The Balaban J connectivity index is 2.14. The molecule has 0 amide bonds. The van der Waals surface area contributed by atoms with Gasteiger partial charge in [-0.1, -0.05) is 33.1 Å². The number of hydrogen-bond donors (Lipinski definition) is 0. The molecule has 1 heteroatoms. The lowest BCUT2D eigenvalue weighted by Crippen LogP contribution is -2.41. The van der Waals surface area contributed by atoms with E-state index in [9.17, 15) is 0 Å². The van der Waals surface area contributed by atoms with Crippen molar-refractivity contribution in [3.8, 4) is 0 Å². The normalized spacial score (nSPS) is 29.4. The van der Waals surface area contributed by atoms with Crippen molar-refractivity contribution in [1.29, 1.82) is 0 Å². The summed E-state index contributed by atoms with van der Waals surface area (Å²) in [5, 5.41) is 0. The Kier molecular flexibility index (Phi) is 5.54. The second-order valence-corrected chi connectivity index (χ2v) is 5.09. The van der Waals surface area contributed by atoms with E-state index in [0.29, 0.717) is 0 Å². The fourth-order valence-corrected chi connectivity index (χ4v) is 2.43. The molecule has 1 nitrogen and oxygen atoms in total. The third-order valence-corrected chi connectivity index (χ3v) is 3.55. The van der Waals surface area contributed by atoms with Gasteiger partial charge >= 0.3 is 0 Å². The molecule has 1 heterocycles. The van der Waals surface area contributed by atoms with E-state index in [1.807, 2.05) is 0 Å². The second kappa shape index (κ2) is 6.44. The van der Waals surface area contributed by atoms with Crippen LogP contribution in [0.1, 0.15) is 59.3 Å². The molecular formula is C13H27N. The van der Waals surface area contributed by atoms with Gasteiger partial charge in [0.05, 0.1) is 0 Å². The quantitative estimate of drug-likeness (QED) is 0.608. The molecule has 0 aromatic heterocycles. The van der Waals surface area contributed by atoms with Crippen LogP contribution in [0, 0.1) is 5.92 Å². The van der Waals surface area contributed by atoms with Crippen molar-refractivity contribution in [3.63, 3.8) is 0 Å². The lowest BCUT2D eigenvalue weighted by atomic mass is 9.95. The highest BCUT2D eigenvalue weighted by molar-refractivity contribution is 4.76. The SMILES string of the molecule is CCCCCCN1CC(C)CCC1C. The van der Waals surface area contributed by atoms with Crippen LogP contribution in [0.15, 0.2) is 0 Å². The van der Waals surface area contributed by atoms with Gasteiger partial charge in [0.1, 0.15) is 0 Å². The lowest BCUT2D eigenvalue weighted by Gasteiger charge is -2.36. The average Bonchev–Trinajstić information content (AvgIpc) is 2.18. The molecule has 1 fully saturated rings. The molecule has 1 aliphatic rings. The first-order valence-electron chi connectivity index (χ1n) is 6.48. The summed E-state index contributed by atoms with van der Waals surface area (Å²) in [6, 6.07) is 0.841. The van der Waals surface area contributed by atoms with E-state index in [-0.39, 0.29) is 0 Å². The minimum absolute atomic E-state index is 0.841. The fraction of sp³-hybridized carbons (Fsp3) is 1.00. The fourth-order valence-electron chi connectivity index (χ4n) is 2.43. The molecule has 0 aliphatic carbocycles. The highest BCUT2D eigenvalue weighted by Crippen LogP contribution is 2.21. The molecule has 1 aliphatic heterocycles. The molecule has 14 heavy (non-hydrogen) atoms. The number of rotatable bonds is 5. The predicted octanol–water partition coefficient (Wildman–Crippen LogP) is 3.69. The van der Waals surface area contributed by atoms with Gasteiger partial charge in [-0.25, -0.2) is 0 Å². The minimum Gasteiger partial charge on any atom is -0.300 e. The maximum atomic E-state index is 2.70. The van der Waals surface area contributed by atoms with Gasteiger partial charge in [0, 0.05) is 12.6 Å². The molecule has 0 aromatic rings. The largest absolute Gasteiger partial charge is 0.300 e. The summed E-state index contributed by atoms with van der Waals surface area (Å²) in [6.45, 7) is 9.75. The van der Waals surface area contributed by atoms with E-state index in [4.69, 9.17) is 0 Å². The average molecular weight is 197 g/mol. The summed E-state index contributed by atoms with van der Waals surface area (Å²) in [5.74, 6) is 0.928. The Labute approximate surface area is 89.9 Å². The minimum atomic E-state index is 0.841. The van der Waals surface area contributed by atoms with Crippen LogP contribution in [0.4, 0.5) is 0 Å². The van der Waals surface area contributed by atoms with E-state index in [1.165, 1.54) is 51.6 Å². The predicted molar refractivity (Wildman–Crippen MR) is 63.6 cm³/mol. The summed E-state index contributed by atoms with van der Waals surface area (Å²) in [6.07, 6.45) is 8.45. The molecule has 0 aromatic carbocycles. The Bertz CT molecular complexity index is 144.